The molecule has 2 rings (SSSR count). The quantitative estimate of drug-likeness (QED) is 0.441. The number of methoxy groups -OCH3 is 1. The first-order chi connectivity index (χ1) is 10.1. The summed E-state index contributed by atoms with van der Waals surface area (Å²) in [5.74, 6) is -0.222. The number of nitrogens with zero attached hydrogens (tertiary/aromatic N) is 4. The van der Waals surface area contributed by atoms with Crippen molar-refractivity contribution >= 4 is 17.5 Å². The number of morpholine rings is 1. The minimum absolute atomic E-state index is 0.0784. The van der Waals surface area contributed by atoms with Crippen LogP contribution >= 0.6 is 0 Å². The van der Waals surface area contributed by atoms with Crippen LogP contribution in [-0.4, -0.2) is 48.8 Å². The van der Waals surface area contributed by atoms with Crippen LogP contribution in [0.25, 0.3) is 0 Å². The van der Waals surface area contributed by atoms with E-state index in [2.05, 4.69) is 9.72 Å². The Morgan fingerprint density at radius 2 is 2.48 bits per heavy atom. The molecule has 1 atom stereocenters. The maximum Gasteiger partial charge on any atom is 0.336 e. The van der Waals surface area contributed by atoms with Crippen LogP contribution in [0.5, 0.6) is 0 Å². The van der Waals surface area contributed by atoms with Gasteiger partial charge in [0.15, 0.2) is 6.10 Å². The molecule has 1 aromatic heterocycles. The van der Waals surface area contributed by atoms with Gasteiger partial charge in [0.05, 0.1) is 25.2 Å². The first-order valence-electron chi connectivity index (χ1n) is 6.05. The van der Waals surface area contributed by atoms with Gasteiger partial charge in [0, 0.05) is 12.6 Å². The minimum atomic E-state index is -0.771. The fraction of sp³-hybridized carbons (Fsp3) is 0.417. The lowest BCUT2D eigenvalue weighted by atomic mass is 10.2. The highest BCUT2D eigenvalue weighted by molar-refractivity contribution is 5.76. The molecule has 0 aliphatic carbocycles. The first-order valence-corrected chi connectivity index (χ1v) is 6.05. The molecule has 0 amide bonds. The minimum Gasteiger partial charge on any atom is -0.467 e. The summed E-state index contributed by atoms with van der Waals surface area (Å²) in [6.45, 7) is 0.864. The summed E-state index contributed by atoms with van der Waals surface area (Å²) in [6.07, 6.45) is 0.311. The number of nitro groups is 1. The van der Waals surface area contributed by atoms with Crippen LogP contribution in [0.4, 0.5) is 11.5 Å². The van der Waals surface area contributed by atoms with Crippen LogP contribution in [0.15, 0.2) is 12.3 Å². The molecule has 1 saturated heterocycles. The summed E-state index contributed by atoms with van der Waals surface area (Å²) in [4.78, 5) is 27.2. The maximum absolute atomic E-state index is 11.5. The maximum atomic E-state index is 11.5. The lowest BCUT2D eigenvalue weighted by molar-refractivity contribution is -0.385. The molecule has 0 N–H and O–H groups in total. The molecule has 2 heterocycles. The van der Waals surface area contributed by atoms with Gasteiger partial charge in [0.25, 0.3) is 5.69 Å². The largest absolute Gasteiger partial charge is 0.467 e. The molecular weight excluding hydrogens is 280 g/mol. The van der Waals surface area contributed by atoms with Gasteiger partial charge in [-0.2, -0.15) is 5.26 Å². The Kier molecular flexibility index (Phi) is 4.30. The van der Waals surface area contributed by atoms with Crippen molar-refractivity contribution in [2.45, 2.75) is 6.10 Å². The molecule has 0 radical (unpaired) electrons. The molecule has 21 heavy (non-hydrogen) atoms. The van der Waals surface area contributed by atoms with E-state index < -0.39 is 17.0 Å². The van der Waals surface area contributed by atoms with Crippen LogP contribution in [0.3, 0.4) is 0 Å². The standard InChI is InChI=1S/C12H12N4O5/c1-20-12(17)10-7-15(2-3-21-10)11-8(5-13)4-9(6-14-11)16(18)19/h4,6,10H,2-3,7H2,1H3. The number of nitriles is 1. The molecule has 1 fully saturated rings. The zero-order chi connectivity index (χ0) is 15.4. The number of carbonyl (C=O) groups excluding carboxylic acids is 1. The number of ether oxygens (including phenoxy) is 2. The molecule has 0 saturated carbocycles. The number of esters is 1. The lowest BCUT2D eigenvalue weighted by Crippen LogP contribution is -2.47. The SMILES string of the molecule is COC(=O)C1CN(c2ncc([N+](=O)[O-])cc2C#N)CCO1. The molecule has 0 bridgehead atoms. The van der Waals surface area contributed by atoms with Gasteiger partial charge in [0.2, 0.25) is 0 Å². The van der Waals surface area contributed by atoms with Crippen molar-refractivity contribution in [2.24, 2.45) is 0 Å². The summed E-state index contributed by atoms with van der Waals surface area (Å²) in [7, 11) is 1.26. The van der Waals surface area contributed by atoms with Crippen LogP contribution in [-0.2, 0) is 14.3 Å². The van der Waals surface area contributed by atoms with Crippen molar-refractivity contribution in [1.29, 1.82) is 5.26 Å². The second-order valence-electron chi connectivity index (χ2n) is 4.26. The van der Waals surface area contributed by atoms with E-state index in [4.69, 9.17) is 10.00 Å². The molecule has 110 valence electrons. The topological polar surface area (TPSA) is 119 Å². The highest BCUT2D eigenvalue weighted by atomic mass is 16.6. The van der Waals surface area contributed by atoms with Gasteiger partial charge in [0.1, 0.15) is 23.6 Å². The first kappa shape index (κ1) is 14.7. The summed E-state index contributed by atoms with van der Waals surface area (Å²) in [5.41, 5.74) is -0.178. The van der Waals surface area contributed by atoms with E-state index in [1.807, 2.05) is 6.07 Å². The van der Waals surface area contributed by atoms with Crippen LogP contribution < -0.4 is 4.90 Å². The van der Waals surface area contributed by atoms with Crippen molar-refractivity contribution in [3.05, 3.63) is 27.9 Å². The average molecular weight is 292 g/mol. The number of rotatable bonds is 3. The van der Waals surface area contributed by atoms with Gasteiger partial charge < -0.3 is 14.4 Å². The van der Waals surface area contributed by atoms with E-state index in [1.165, 1.54) is 7.11 Å². The highest BCUT2D eigenvalue weighted by Crippen LogP contribution is 2.23. The summed E-state index contributed by atoms with van der Waals surface area (Å²) in [6, 6.07) is 3.04. The van der Waals surface area contributed by atoms with Gasteiger partial charge >= 0.3 is 5.97 Å². The number of carbonyl (C=O) groups is 1. The van der Waals surface area contributed by atoms with E-state index in [-0.39, 0.29) is 24.4 Å². The number of hydrogen-bond donors (Lipinski definition) is 0. The Morgan fingerprint density at radius 3 is 3.10 bits per heavy atom. The molecule has 1 aromatic rings. The summed E-state index contributed by atoms with van der Waals surface area (Å²) >= 11 is 0. The lowest BCUT2D eigenvalue weighted by Gasteiger charge is -2.32. The molecular formula is C12H12N4O5. The van der Waals surface area contributed by atoms with Gasteiger partial charge in [-0.15, -0.1) is 0 Å². The van der Waals surface area contributed by atoms with Crippen LogP contribution in [0.2, 0.25) is 0 Å². The van der Waals surface area contributed by atoms with E-state index in [1.54, 1.807) is 4.90 Å². The fourth-order valence-corrected chi connectivity index (χ4v) is 2.00. The number of aromatic nitrogens is 1. The van der Waals surface area contributed by atoms with Crippen molar-refractivity contribution in [3.63, 3.8) is 0 Å². The Morgan fingerprint density at radius 1 is 1.71 bits per heavy atom. The zero-order valence-corrected chi connectivity index (χ0v) is 11.2. The van der Waals surface area contributed by atoms with E-state index in [9.17, 15) is 14.9 Å². The molecule has 0 spiro atoms. The summed E-state index contributed by atoms with van der Waals surface area (Å²) < 4.78 is 9.90. The van der Waals surface area contributed by atoms with Crippen molar-refractivity contribution in [3.8, 4) is 6.07 Å². The van der Waals surface area contributed by atoms with Crippen LogP contribution in [0, 0.1) is 21.4 Å². The third-order valence-electron chi connectivity index (χ3n) is 3.01. The van der Waals surface area contributed by atoms with Crippen LogP contribution in [0.1, 0.15) is 5.56 Å². The predicted octanol–water partition coefficient (Wildman–Crippen LogP) is 0.240. The van der Waals surface area contributed by atoms with Crippen molar-refractivity contribution in [2.75, 3.05) is 31.7 Å². The Labute approximate surface area is 119 Å². The second-order valence-corrected chi connectivity index (χ2v) is 4.26. The molecule has 9 heteroatoms. The fourth-order valence-electron chi connectivity index (χ4n) is 2.00. The van der Waals surface area contributed by atoms with E-state index >= 15 is 0 Å². The number of hydrogen-bond acceptors (Lipinski definition) is 8. The van der Waals surface area contributed by atoms with E-state index in [0.29, 0.717) is 12.4 Å². The Hall–Kier alpha value is -2.73. The third kappa shape index (κ3) is 3.06. The smallest absolute Gasteiger partial charge is 0.336 e. The Balaban J connectivity index is 2.27. The molecule has 1 aliphatic rings. The monoisotopic (exact) mass is 292 g/mol. The van der Waals surface area contributed by atoms with Gasteiger partial charge in [-0.25, -0.2) is 9.78 Å². The number of anilines is 1. The molecule has 1 unspecified atom stereocenters. The second kappa shape index (κ2) is 6.15. The molecule has 0 aromatic carbocycles. The molecule has 1 aliphatic heterocycles. The van der Waals surface area contributed by atoms with Gasteiger partial charge in [-0.05, 0) is 0 Å². The summed E-state index contributed by atoms with van der Waals surface area (Å²) in [5, 5.41) is 19.8. The predicted molar refractivity (Wildman–Crippen MR) is 69.6 cm³/mol. The van der Waals surface area contributed by atoms with Gasteiger partial charge in [-0.1, -0.05) is 0 Å². The highest BCUT2D eigenvalue weighted by Gasteiger charge is 2.29. The van der Waals surface area contributed by atoms with Gasteiger partial charge in [-0.3, -0.25) is 10.1 Å². The van der Waals surface area contributed by atoms with Crippen molar-refractivity contribution in [1.82, 2.24) is 4.98 Å². The Bertz CT molecular complexity index is 612. The van der Waals surface area contributed by atoms with E-state index in [0.717, 1.165) is 12.3 Å². The normalized spacial score (nSPS) is 17.9. The molecule has 9 nitrogen and oxygen atoms in total. The third-order valence-corrected chi connectivity index (χ3v) is 3.01. The zero-order valence-electron chi connectivity index (χ0n) is 11.2. The van der Waals surface area contributed by atoms with Crippen molar-refractivity contribution < 1.29 is 19.2 Å². The number of pyridine rings is 1. The average Bonchev–Trinajstić information content (AvgIpc) is 2.53.